The predicted molar refractivity (Wildman–Crippen MR) is 74.9 cm³/mol. The van der Waals surface area contributed by atoms with E-state index >= 15 is 0 Å². The van der Waals surface area contributed by atoms with Crippen molar-refractivity contribution in [2.75, 3.05) is 0 Å². The van der Waals surface area contributed by atoms with Crippen molar-refractivity contribution in [3.05, 3.63) is 52.0 Å². The van der Waals surface area contributed by atoms with Crippen molar-refractivity contribution in [1.82, 2.24) is 0 Å². The van der Waals surface area contributed by atoms with Gasteiger partial charge in [0.25, 0.3) is 0 Å². The molecule has 0 fully saturated rings. The fourth-order valence-electron chi connectivity index (χ4n) is 1.55. The second-order valence-corrected chi connectivity index (χ2v) is 5.01. The highest BCUT2D eigenvalue weighted by molar-refractivity contribution is 14.1. The molecule has 1 aromatic heterocycles. The molecule has 1 aromatic carbocycles. The maximum absolute atomic E-state index is 5.94. The molecule has 2 rings (SSSR count). The molecule has 4 heteroatoms. The largest absolute Gasteiger partial charge is 0.480 e. The molecule has 90 valence electrons. The highest BCUT2D eigenvalue weighted by atomic mass is 127. The fraction of sp³-hybridized carbons (Fsp3) is 0.231. The van der Waals surface area contributed by atoms with Crippen LogP contribution in [-0.2, 0) is 0 Å². The van der Waals surface area contributed by atoms with Crippen LogP contribution in [0.3, 0.4) is 0 Å². The zero-order valence-corrected chi connectivity index (χ0v) is 11.6. The average molecular weight is 343 g/mol. The molecule has 0 aliphatic heterocycles. The van der Waals surface area contributed by atoms with Crippen LogP contribution in [0, 0.1) is 3.57 Å². The van der Waals surface area contributed by atoms with Gasteiger partial charge in [0.05, 0.1) is 9.83 Å². The van der Waals surface area contributed by atoms with E-state index in [1.165, 1.54) is 0 Å². The maximum Gasteiger partial charge on any atom is 0.171 e. The Hall–Kier alpha value is -1.01. The van der Waals surface area contributed by atoms with Crippen molar-refractivity contribution in [3.8, 4) is 5.75 Å². The maximum atomic E-state index is 5.94. The lowest BCUT2D eigenvalue weighted by Gasteiger charge is -2.21. The van der Waals surface area contributed by atoms with E-state index in [1.807, 2.05) is 43.3 Å². The van der Waals surface area contributed by atoms with Crippen LogP contribution in [0.4, 0.5) is 0 Å². The van der Waals surface area contributed by atoms with Crippen molar-refractivity contribution in [1.29, 1.82) is 0 Å². The third-order valence-electron chi connectivity index (χ3n) is 2.39. The second kappa shape index (κ2) is 5.55. The van der Waals surface area contributed by atoms with Gasteiger partial charge in [-0.3, -0.25) is 0 Å². The van der Waals surface area contributed by atoms with Gasteiger partial charge in [-0.15, -0.1) is 0 Å². The number of hydrogen-bond donors (Lipinski definition) is 1. The first-order chi connectivity index (χ1) is 8.18. The zero-order chi connectivity index (χ0) is 12.3. The highest BCUT2D eigenvalue weighted by Gasteiger charge is 2.21. The molecule has 2 aromatic rings. The van der Waals surface area contributed by atoms with Crippen LogP contribution in [0.15, 0.2) is 47.1 Å². The van der Waals surface area contributed by atoms with Gasteiger partial charge in [0.1, 0.15) is 11.5 Å². The Bertz CT molecular complexity index is 468. The molecule has 2 atom stereocenters. The van der Waals surface area contributed by atoms with Crippen LogP contribution in [0.25, 0.3) is 0 Å². The van der Waals surface area contributed by atoms with E-state index in [2.05, 4.69) is 22.6 Å². The van der Waals surface area contributed by atoms with Crippen molar-refractivity contribution >= 4 is 22.6 Å². The Labute approximate surface area is 114 Å². The minimum Gasteiger partial charge on any atom is -0.480 e. The minimum absolute atomic E-state index is 0.142. The Morgan fingerprint density at radius 2 is 2.00 bits per heavy atom. The predicted octanol–water partition coefficient (Wildman–Crippen LogP) is 3.35. The lowest BCUT2D eigenvalue weighted by molar-refractivity contribution is 0.152. The topological polar surface area (TPSA) is 48.4 Å². The zero-order valence-electron chi connectivity index (χ0n) is 9.47. The summed E-state index contributed by atoms with van der Waals surface area (Å²) in [4.78, 5) is 0. The van der Waals surface area contributed by atoms with Crippen LogP contribution in [0.1, 0.15) is 18.8 Å². The number of hydrogen-bond acceptors (Lipinski definition) is 3. The first kappa shape index (κ1) is 12.4. The number of rotatable bonds is 4. The van der Waals surface area contributed by atoms with E-state index < -0.39 is 0 Å². The molecule has 3 nitrogen and oxygen atoms in total. The van der Waals surface area contributed by atoms with Crippen LogP contribution in [-0.4, -0.2) is 6.04 Å². The third-order valence-corrected chi connectivity index (χ3v) is 3.28. The number of ether oxygens (including phenoxy) is 1. The van der Waals surface area contributed by atoms with E-state index in [0.29, 0.717) is 0 Å². The Kier molecular flexibility index (Phi) is 4.06. The first-order valence-electron chi connectivity index (χ1n) is 5.38. The van der Waals surface area contributed by atoms with Gasteiger partial charge in [-0.1, -0.05) is 12.1 Å². The number of benzene rings is 1. The summed E-state index contributed by atoms with van der Waals surface area (Å²) in [7, 11) is 0. The summed E-state index contributed by atoms with van der Waals surface area (Å²) in [5.74, 6) is 1.58. The molecule has 2 N–H and O–H groups in total. The SMILES string of the molecule is CC(N)C(Oc1ccccc1I)c1ccco1. The number of furan rings is 1. The average Bonchev–Trinajstić information content (AvgIpc) is 2.81. The number of halogens is 1. The molecule has 0 saturated heterocycles. The molecule has 0 bridgehead atoms. The summed E-state index contributed by atoms with van der Waals surface area (Å²) in [5, 5.41) is 0. The first-order valence-corrected chi connectivity index (χ1v) is 6.46. The normalized spacial score (nSPS) is 14.3. The quantitative estimate of drug-likeness (QED) is 0.866. The van der Waals surface area contributed by atoms with Gasteiger partial charge in [0.15, 0.2) is 6.10 Å². The molecule has 0 amide bonds. The molecule has 0 aliphatic rings. The molecule has 2 unspecified atom stereocenters. The van der Waals surface area contributed by atoms with Crippen LogP contribution >= 0.6 is 22.6 Å². The standard InChI is InChI=1S/C13H14INO2/c1-9(15)13(12-7-4-8-16-12)17-11-6-3-2-5-10(11)14/h2-9,13H,15H2,1H3. The van der Waals surface area contributed by atoms with E-state index in [4.69, 9.17) is 14.9 Å². The second-order valence-electron chi connectivity index (χ2n) is 3.84. The summed E-state index contributed by atoms with van der Waals surface area (Å²) >= 11 is 2.24. The van der Waals surface area contributed by atoms with E-state index in [-0.39, 0.29) is 12.1 Å². The summed E-state index contributed by atoms with van der Waals surface area (Å²) < 4.78 is 12.3. The summed E-state index contributed by atoms with van der Waals surface area (Å²) in [6, 6.07) is 11.4. The minimum atomic E-state index is -0.263. The van der Waals surface area contributed by atoms with Crippen molar-refractivity contribution in [3.63, 3.8) is 0 Å². The van der Waals surface area contributed by atoms with Crippen LogP contribution in [0.2, 0.25) is 0 Å². The number of para-hydroxylation sites is 1. The molecule has 0 saturated carbocycles. The molecule has 17 heavy (non-hydrogen) atoms. The lowest BCUT2D eigenvalue weighted by atomic mass is 10.1. The molecule has 0 radical (unpaired) electrons. The monoisotopic (exact) mass is 343 g/mol. The molecular formula is C13H14INO2. The fourth-order valence-corrected chi connectivity index (χ4v) is 2.07. The highest BCUT2D eigenvalue weighted by Crippen LogP contribution is 2.28. The smallest absolute Gasteiger partial charge is 0.171 e. The van der Waals surface area contributed by atoms with Gasteiger partial charge < -0.3 is 14.9 Å². The molecule has 0 aliphatic carbocycles. The van der Waals surface area contributed by atoms with Crippen LogP contribution < -0.4 is 10.5 Å². The van der Waals surface area contributed by atoms with Crippen molar-refractivity contribution < 1.29 is 9.15 Å². The van der Waals surface area contributed by atoms with Gasteiger partial charge in [0.2, 0.25) is 0 Å². The summed E-state index contributed by atoms with van der Waals surface area (Å²) in [5.41, 5.74) is 5.94. The molecule has 1 heterocycles. The van der Waals surface area contributed by atoms with Crippen molar-refractivity contribution in [2.24, 2.45) is 5.73 Å². The Morgan fingerprint density at radius 3 is 2.59 bits per heavy atom. The lowest BCUT2D eigenvalue weighted by Crippen LogP contribution is -2.28. The van der Waals surface area contributed by atoms with E-state index in [0.717, 1.165) is 15.1 Å². The van der Waals surface area contributed by atoms with Crippen molar-refractivity contribution in [2.45, 2.75) is 19.1 Å². The van der Waals surface area contributed by atoms with Crippen LogP contribution in [0.5, 0.6) is 5.75 Å². The van der Waals surface area contributed by atoms with Gasteiger partial charge in [0, 0.05) is 6.04 Å². The van der Waals surface area contributed by atoms with E-state index in [9.17, 15) is 0 Å². The van der Waals surface area contributed by atoms with Gasteiger partial charge in [-0.2, -0.15) is 0 Å². The summed E-state index contributed by atoms with van der Waals surface area (Å²) in [6.45, 7) is 1.91. The van der Waals surface area contributed by atoms with Gasteiger partial charge in [-0.25, -0.2) is 0 Å². The summed E-state index contributed by atoms with van der Waals surface area (Å²) in [6.07, 6.45) is 1.37. The molecular weight excluding hydrogens is 329 g/mol. The Balaban J connectivity index is 2.23. The van der Waals surface area contributed by atoms with E-state index in [1.54, 1.807) is 6.26 Å². The van der Waals surface area contributed by atoms with Gasteiger partial charge >= 0.3 is 0 Å². The third kappa shape index (κ3) is 3.01. The molecule has 0 spiro atoms. The number of nitrogens with two attached hydrogens (primary N) is 1. The Morgan fingerprint density at radius 1 is 1.24 bits per heavy atom. The van der Waals surface area contributed by atoms with Gasteiger partial charge in [-0.05, 0) is 53.8 Å².